The van der Waals surface area contributed by atoms with Gasteiger partial charge in [0.05, 0.1) is 0 Å². The molecule has 0 saturated carbocycles. The van der Waals surface area contributed by atoms with Crippen molar-refractivity contribution in [3.05, 3.63) is 23.8 Å². The van der Waals surface area contributed by atoms with Gasteiger partial charge in [0.2, 0.25) is 0 Å². The quantitative estimate of drug-likeness (QED) is 0.860. The summed E-state index contributed by atoms with van der Waals surface area (Å²) in [6.07, 6.45) is 2.83. The summed E-state index contributed by atoms with van der Waals surface area (Å²) in [5.41, 5.74) is 0.152. The van der Waals surface area contributed by atoms with Gasteiger partial charge in [-0.3, -0.25) is 9.40 Å². The van der Waals surface area contributed by atoms with Gasteiger partial charge in [0.15, 0.2) is 10.8 Å². The Morgan fingerprint density at radius 3 is 2.58 bits per heavy atom. The second kappa shape index (κ2) is 4.40. The minimum absolute atomic E-state index is 0.00620. The van der Waals surface area contributed by atoms with Crippen molar-refractivity contribution >= 4 is 15.8 Å². The molecular weight excluding hydrogens is 268 g/mol. The van der Waals surface area contributed by atoms with Crippen molar-refractivity contribution in [2.75, 3.05) is 4.72 Å². The lowest BCUT2D eigenvalue weighted by atomic mass is 10.4. The maximum absolute atomic E-state index is 12.1. The zero-order valence-electron chi connectivity index (χ0n) is 10.6. The van der Waals surface area contributed by atoms with Crippen LogP contribution in [0.2, 0.25) is 0 Å². The minimum Gasteiger partial charge on any atom is -0.337 e. The Kier molecular flexibility index (Phi) is 3.03. The molecule has 0 amide bonds. The first kappa shape index (κ1) is 13.1. The third-order valence-electron chi connectivity index (χ3n) is 2.54. The average molecular weight is 280 g/mol. The van der Waals surface area contributed by atoms with Crippen LogP contribution in [0.15, 0.2) is 17.4 Å². The Morgan fingerprint density at radius 1 is 1.37 bits per heavy atom. The summed E-state index contributed by atoms with van der Waals surface area (Å²) in [4.78, 5) is 3.94. The van der Waals surface area contributed by atoms with Gasteiger partial charge in [-0.05, 0) is 6.92 Å². The molecule has 0 bridgehead atoms. The van der Waals surface area contributed by atoms with Crippen molar-refractivity contribution in [1.82, 2.24) is 19.3 Å². The summed E-state index contributed by atoms with van der Waals surface area (Å²) < 4.78 is 29.4. The van der Waals surface area contributed by atoms with Gasteiger partial charge >= 0.3 is 0 Å². The molecule has 0 aliphatic rings. The van der Waals surface area contributed by atoms with Crippen LogP contribution in [-0.4, -0.2) is 27.7 Å². The maximum atomic E-state index is 12.1. The van der Waals surface area contributed by atoms with Crippen LogP contribution in [0.3, 0.4) is 0 Å². The number of nitrogens with zero attached hydrogens (tertiary/aromatic N) is 5. The van der Waals surface area contributed by atoms with Crippen molar-refractivity contribution in [2.45, 2.75) is 11.9 Å². The van der Waals surface area contributed by atoms with Gasteiger partial charge in [-0.15, -0.1) is 0 Å². The predicted molar refractivity (Wildman–Crippen MR) is 66.7 cm³/mol. The second-order valence-electron chi connectivity index (χ2n) is 4.02. The maximum Gasteiger partial charge on any atom is 0.282 e. The molecule has 0 aliphatic heterocycles. The highest BCUT2D eigenvalue weighted by atomic mass is 32.2. The van der Waals surface area contributed by atoms with E-state index in [-0.39, 0.29) is 16.4 Å². The van der Waals surface area contributed by atoms with Gasteiger partial charge in [0, 0.05) is 26.5 Å². The molecule has 8 nitrogen and oxygen atoms in total. The van der Waals surface area contributed by atoms with E-state index in [2.05, 4.69) is 14.8 Å². The van der Waals surface area contributed by atoms with Gasteiger partial charge in [-0.2, -0.15) is 18.8 Å². The first-order valence-electron chi connectivity index (χ1n) is 5.30. The Labute approximate surface area is 110 Å². The number of hydrogen-bond acceptors (Lipinski definition) is 5. The highest BCUT2D eigenvalue weighted by Gasteiger charge is 2.21. The summed E-state index contributed by atoms with van der Waals surface area (Å²) in [5.74, 6) is 0.565. The molecule has 19 heavy (non-hydrogen) atoms. The summed E-state index contributed by atoms with van der Waals surface area (Å²) in [7, 11) is -0.545. The third-order valence-corrected chi connectivity index (χ3v) is 3.75. The molecule has 1 N–H and O–H groups in total. The smallest absolute Gasteiger partial charge is 0.282 e. The van der Waals surface area contributed by atoms with Crippen LogP contribution in [0.4, 0.5) is 5.82 Å². The van der Waals surface area contributed by atoms with Gasteiger partial charge < -0.3 is 4.57 Å². The summed E-state index contributed by atoms with van der Waals surface area (Å²) in [5, 5.41) is 12.7. The Morgan fingerprint density at radius 2 is 2.05 bits per heavy atom. The number of sulfonamides is 1. The number of aryl methyl sites for hydroxylation is 3. The Hall–Kier alpha value is -2.34. The van der Waals surface area contributed by atoms with E-state index in [9.17, 15) is 8.42 Å². The van der Waals surface area contributed by atoms with Crippen LogP contribution in [0.5, 0.6) is 0 Å². The molecule has 2 heterocycles. The molecule has 0 radical (unpaired) electrons. The first-order valence-corrected chi connectivity index (χ1v) is 6.78. The van der Waals surface area contributed by atoms with E-state index < -0.39 is 10.0 Å². The fourth-order valence-corrected chi connectivity index (χ4v) is 2.54. The van der Waals surface area contributed by atoms with Crippen molar-refractivity contribution in [2.24, 2.45) is 14.1 Å². The predicted octanol–water partition coefficient (Wildman–Crippen LogP) is 0.134. The van der Waals surface area contributed by atoms with Crippen LogP contribution in [-0.2, 0) is 24.1 Å². The molecule has 0 aliphatic carbocycles. The summed E-state index contributed by atoms with van der Waals surface area (Å²) in [6.45, 7) is 1.69. The van der Waals surface area contributed by atoms with Crippen LogP contribution < -0.4 is 4.72 Å². The molecule has 0 spiro atoms. The van der Waals surface area contributed by atoms with Gasteiger partial charge in [-0.1, -0.05) is 0 Å². The molecule has 2 rings (SSSR count). The molecule has 2 aromatic rings. The Balaban J connectivity index is 2.39. The van der Waals surface area contributed by atoms with Crippen LogP contribution in [0.25, 0.3) is 0 Å². The summed E-state index contributed by atoms with van der Waals surface area (Å²) >= 11 is 0. The van der Waals surface area contributed by atoms with Crippen molar-refractivity contribution < 1.29 is 8.42 Å². The molecule has 9 heteroatoms. The molecule has 0 saturated heterocycles. The van der Waals surface area contributed by atoms with Crippen LogP contribution in [0, 0.1) is 18.3 Å². The Bertz CT molecular complexity index is 745. The number of nitrogens with one attached hydrogen (secondary N) is 1. The van der Waals surface area contributed by atoms with E-state index in [0.717, 1.165) is 0 Å². The van der Waals surface area contributed by atoms with E-state index in [1.54, 1.807) is 25.6 Å². The molecule has 100 valence electrons. The van der Waals surface area contributed by atoms with Gasteiger partial charge in [-0.25, -0.2) is 4.98 Å². The van der Waals surface area contributed by atoms with Crippen LogP contribution in [0.1, 0.15) is 11.4 Å². The van der Waals surface area contributed by atoms with Gasteiger partial charge in [0.25, 0.3) is 10.0 Å². The third kappa shape index (κ3) is 2.43. The summed E-state index contributed by atoms with van der Waals surface area (Å²) in [6, 6.07) is 1.87. The van der Waals surface area contributed by atoms with E-state index in [0.29, 0.717) is 5.82 Å². The average Bonchev–Trinajstić information content (AvgIpc) is 2.83. The lowest BCUT2D eigenvalue weighted by Gasteiger charge is -2.02. The molecule has 0 fully saturated rings. The number of rotatable bonds is 3. The molecular formula is C10H12N6O2S. The highest BCUT2D eigenvalue weighted by molar-refractivity contribution is 7.92. The van der Waals surface area contributed by atoms with Crippen molar-refractivity contribution in [1.29, 1.82) is 5.26 Å². The number of hydrogen-bond donors (Lipinski definition) is 1. The zero-order chi connectivity index (χ0) is 14.2. The fraction of sp³-hybridized carbons (Fsp3) is 0.300. The molecule has 0 atom stereocenters. The number of anilines is 1. The topological polar surface area (TPSA) is 106 Å². The number of nitriles is 1. The van der Waals surface area contributed by atoms with Crippen molar-refractivity contribution in [3.63, 3.8) is 0 Å². The van der Waals surface area contributed by atoms with Gasteiger partial charge in [0.1, 0.15) is 17.5 Å². The first-order chi connectivity index (χ1) is 8.83. The van der Waals surface area contributed by atoms with Crippen molar-refractivity contribution in [3.8, 4) is 6.07 Å². The molecule has 0 unspecified atom stereocenters. The van der Waals surface area contributed by atoms with E-state index in [4.69, 9.17) is 5.26 Å². The number of imidazole rings is 1. The van der Waals surface area contributed by atoms with E-state index in [1.165, 1.54) is 17.1 Å². The lowest BCUT2D eigenvalue weighted by Crippen LogP contribution is -2.14. The van der Waals surface area contributed by atoms with Crippen LogP contribution >= 0.6 is 0 Å². The largest absolute Gasteiger partial charge is 0.337 e. The minimum atomic E-state index is -3.84. The molecule has 0 aromatic carbocycles. The monoisotopic (exact) mass is 280 g/mol. The highest BCUT2D eigenvalue weighted by Crippen LogP contribution is 2.17. The zero-order valence-corrected chi connectivity index (χ0v) is 11.4. The standard InChI is InChI=1S/C10H12N6O2S/c1-7-12-9(6-15(7)2)19(17,18)14-10-8(4-11)5-16(3)13-10/h5-6H,1-3H3,(H,13,14). The number of aromatic nitrogens is 4. The second-order valence-corrected chi connectivity index (χ2v) is 5.65. The molecule has 2 aromatic heterocycles. The lowest BCUT2D eigenvalue weighted by molar-refractivity contribution is 0.597. The van der Waals surface area contributed by atoms with E-state index in [1.807, 2.05) is 6.07 Å². The fourth-order valence-electron chi connectivity index (χ4n) is 1.48. The SMILES string of the molecule is Cc1nc(S(=O)(=O)Nc2nn(C)cc2C#N)cn1C. The van der Waals surface area contributed by atoms with E-state index >= 15 is 0 Å². The normalized spacial score (nSPS) is 11.3.